The first-order valence-corrected chi connectivity index (χ1v) is 9.06. The van der Waals surface area contributed by atoms with Crippen molar-refractivity contribution in [2.24, 2.45) is 10.9 Å². The smallest absolute Gasteiger partial charge is 0.193 e. The van der Waals surface area contributed by atoms with Crippen LogP contribution in [-0.2, 0) is 9.47 Å². The van der Waals surface area contributed by atoms with E-state index in [1.54, 1.807) is 0 Å². The fourth-order valence-corrected chi connectivity index (χ4v) is 3.16. The number of aliphatic imine (C=N–C) groups is 1. The van der Waals surface area contributed by atoms with Crippen molar-refractivity contribution in [3.05, 3.63) is 0 Å². The Labute approximate surface area is 164 Å². The Hall–Kier alpha value is -0.120. The van der Waals surface area contributed by atoms with Crippen LogP contribution in [0.5, 0.6) is 0 Å². The summed E-state index contributed by atoms with van der Waals surface area (Å²) < 4.78 is 11.1. The third kappa shape index (κ3) is 7.41. The van der Waals surface area contributed by atoms with E-state index < -0.39 is 0 Å². The minimum absolute atomic E-state index is 0. The molecule has 7 heteroatoms. The zero-order chi connectivity index (χ0) is 16.5. The van der Waals surface area contributed by atoms with E-state index in [-0.39, 0.29) is 24.0 Å². The molecular formula is C17H35IN4O2. The molecular weight excluding hydrogens is 419 g/mol. The van der Waals surface area contributed by atoms with Gasteiger partial charge in [-0.3, -0.25) is 9.89 Å². The molecule has 0 radical (unpaired) electrons. The highest BCUT2D eigenvalue weighted by Crippen LogP contribution is 2.16. The molecule has 1 N–H and O–H groups in total. The van der Waals surface area contributed by atoms with Gasteiger partial charge in [0.15, 0.2) is 5.96 Å². The Morgan fingerprint density at radius 1 is 1.25 bits per heavy atom. The van der Waals surface area contributed by atoms with Crippen molar-refractivity contribution in [3.8, 4) is 0 Å². The summed E-state index contributed by atoms with van der Waals surface area (Å²) in [5, 5.41) is 3.43. The molecule has 2 aliphatic rings. The van der Waals surface area contributed by atoms with E-state index >= 15 is 0 Å². The van der Waals surface area contributed by atoms with Crippen molar-refractivity contribution in [2.45, 2.75) is 32.7 Å². The average molecular weight is 454 g/mol. The number of ether oxygens (including phenoxy) is 2. The van der Waals surface area contributed by atoms with E-state index in [1.807, 2.05) is 7.05 Å². The molecule has 6 nitrogen and oxygen atoms in total. The van der Waals surface area contributed by atoms with Gasteiger partial charge in [0.05, 0.1) is 19.8 Å². The van der Waals surface area contributed by atoms with Crippen molar-refractivity contribution >= 4 is 29.9 Å². The van der Waals surface area contributed by atoms with Gasteiger partial charge >= 0.3 is 0 Å². The lowest BCUT2D eigenvalue weighted by atomic mass is 10.1. The lowest BCUT2D eigenvalue weighted by Gasteiger charge is -2.32. The topological polar surface area (TPSA) is 49.3 Å². The summed E-state index contributed by atoms with van der Waals surface area (Å²) in [6.45, 7) is 12.9. The van der Waals surface area contributed by atoms with Crippen LogP contribution in [0.15, 0.2) is 4.99 Å². The summed E-state index contributed by atoms with van der Waals surface area (Å²) in [6.07, 6.45) is 2.34. The fraction of sp³-hybridized carbons (Fsp3) is 0.941. The zero-order valence-electron chi connectivity index (χ0n) is 15.5. The highest BCUT2D eigenvalue weighted by molar-refractivity contribution is 14.0. The Balaban J connectivity index is 0.00000288. The number of rotatable bonds is 7. The third-order valence-electron chi connectivity index (χ3n) is 4.61. The van der Waals surface area contributed by atoms with Crippen LogP contribution in [0.4, 0.5) is 0 Å². The van der Waals surface area contributed by atoms with E-state index in [1.165, 1.54) is 6.42 Å². The van der Waals surface area contributed by atoms with Crippen molar-refractivity contribution in [2.75, 3.05) is 66.2 Å². The summed E-state index contributed by atoms with van der Waals surface area (Å²) >= 11 is 0. The summed E-state index contributed by atoms with van der Waals surface area (Å²) in [4.78, 5) is 9.36. The van der Waals surface area contributed by atoms with Crippen LogP contribution < -0.4 is 5.32 Å². The van der Waals surface area contributed by atoms with Crippen LogP contribution in [0.2, 0.25) is 0 Å². The molecule has 1 atom stereocenters. The maximum absolute atomic E-state index is 5.66. The fourth-order valence-electron chi connectivity index (χ4n) is 3.16. The van der Waals surface area contributed by atoms with E-state index in [2.05, 4.69) is 34.0 Å². The van der Waals surface area contributed by atoms with Crippen molar-refractivity contribution < 1.29 is 9.47 Å². The standard InChI is InChI=1S/C17H34N4O2.HI/c1-15(2)5-10-22-11-6-19-17(18-3)21-7-4-16(14-21)20-8-12-23-13-9-20;/h15-16H,4-14H2,1-3H3,(H,18,19);1H. The predicted molar refractivity (Wildman–Crippen MR) is 109 cm³/mol. The van der Waals surface area contributed by atoms with Gasteiger partial charge in [-0.15, -0.1) is 24.0 Å². The normalized spacial score (nSPS) is 22.8. The van der Waals surface area contributed by atoms with Crippen LogP contribution in [0.25, 0.3) is 0 Å². The van der Waals surface area contributed by atoms with Gasteiger partial charge in [0.1, 0.15) is 0 Å². The highest BCUT2D eigenvalue weighted by Gasteiger charge is 2.30. The minimum atomic E-state index is 0. The molecule has 0 aliphatic carbocycles. The molecule has 2 saturated heterocycles. The van der Waals surface area contributed by atoms with Gasteiger partial charge in [0.25, 0.3) is 0 Å². The molecule has 0 bridgehead atoms. The maximum Gasteiger partial charge on any atom is 0.193 e. The average Bonchev–Trinajstić information content (AvgIpc) is 3.04. The first-order chi connectivity index (χ1) is 11.2. The van der Waals surface area contributed by atoms with Gasteiger partial charge in [-0.2, -0.15) is 0 Å². The van der Waals surface area contributed by atoms with E-state index in [9.17, 15) is 0 Å². The van der Waals surface area contributed by atoms with Crippen LogP contribution in [0.3, 0.4) is 0 Å². The number of morpholine rings is 1. The summed E-state index contributed by atoms with van der Waals surface area (Å²) in [7, 11) is 1.87. The van der Waals surface area contributed by atoms with Crippen molar-refractivity contribution in [1.29, 1.82) is 0 Å². The summed E-state index contributed by atoms with van der Waals surface area (Å²) in [5.41, 5.74) is 0. The van der Waals surface area contributed by atoms with E-state index in [0.717, 1.165) is 71.5 Å². The lowest BCUT2D eigenvalue weighted by molar-refractivity contribution is 0.0194. The Kier molecular flexibility index (Phi) is 11.2. The zero-order valence-corrected chi connectivity index (χ0v) is 17.8. The summed E-state index contributed by atoms with van der Waals surface area (Å²) in [6, 6.07) is 0.639. The largest absolute Gasteiger partial charge is 0.380 e. The second-order valence-electron chi connectivity index (χ2n) is 6.81. The van der Waals surface area contributed by atoms with Crippen LogP contribution in [-0.4, -0.2) is 88.0 Å². The van der Waals surface area contributed by atoms with Crippen LogP contribution in [0, 0.1) is 5.92 Å². The summed E-state index contributed by atoms with van der Waals surface area (Å²) in [5.74, 6) is 1.71. The van der Waals surface area contributed by atoms with Crippen molar-refractivity contribution in [3.63, 3.8) is 0 Å². The molecule has 0 aromatic rings. The number of hydrogen-bond acceptors (Lipinski definition) is 4. The molecule has 0 spiro atoms. The van der Waals surface area contributed by atoms with Crippen LogP contribution in [0.1, 0.15) is 26.7 Å². The van der Waals surface area contributed by atoms with Crippen molar-refractivity contribution in [1.82, 2.24) is 15.1 Å². The molecule has 0 aromatic heterocycles. The van der Waals surface area contributed by atoms with Gasteiger partial charge in [0.2, 0.25) is 0 Å². The van der Waals surface area contributed by atoms with Gasteiger partial charge < -0.3 is 19.7 Å². The number of halogens is 1. The van der Waals surface area contributed by atoms with Gasteiger partial charge in [-0.25, -0.2) is 0 Å². The number of nitrogens with zero attached hydrogens (tertiary/aromatic N) is 3. The first kappa shape index (κ1) is 21.9. The van der Waals surface area contributed by atoms with Gasteiger partial charge in [-0.05, 0) is 18.8 Å². The second-order valence-corrected chi connectivity index (χ2v) is 6.81. The molecule has 0 aromatic carbocycles. The Morgan fingerprint density at radius 3 is 2.67 bits per heavy atom. The van der Waals surface area contributed by atoms with Crippen LogP contribution >= 0.6 is 24.0 Å². The Bertz CT molecular complexity index is 362. The number of guanidine groups is 1. The number of hydrogen-bond donors (Lipinski definition) is 1. The van der Waals surface area contributed by atoms with Gasteiger partial charge in [-0.1, -0.05) is 13.8 Å². The van der Waals surface area contributed by atoms with E-state index in [0.29, 0.717) is 12.0 Å². The SMILES string of the molecule is CN=C(NCCOCCC(C)C)N1CCC(N2CCOCC2)C1.I. The molecule has 0 saturated carbocycles. The molecule has 2 fully saturated rings. The molecule has 1 unspecified atom stereocenters. The lowest BCUT2D eigenvalue weighted by Crippen LogP contribution is -2.47. The quantitative estimate of drug-likeness (QED) is 0.275. The molecule has 24 heavy (non-hydrogen) atoms. The maximum atomic E-state index is 5.66. The Morgan fingerprint density at radius 2 is 2.00 bits per heavy atom. The molecule has 142 valence electrons. The highest BCUT2D eigenvalue weighted by atomic mass is 127. The molecule has 2 rings (SSSR count). The first-order valence-electron chi connectivity index (χ1n) is 9.06. The third-order valence-corrected chi connectivity index (χ3v) is 4.61. The van der Waals surface area contributed by atoms with E-state index in [4.69, 9.17) is 9.47 Å². The monoisotopic (exact) mass is 454 g/mol. The molecule has 2 aliphatic heterocycles. The second kappa shape index (κ2) is 12.3. The number of likely N-dealkylation sites (tertiary alicyclic amines) is 1. The van der Waals surface area contributed by atoms with Gasteiger partial charge in [0, 0.05) is 52.4 Å². The molecule has 2 heterocycles. The predicted octanol–water partition coefficient (Wildman–Crippen LogP) is 1.65. The number of nitrogens with one attached hydrogen (secondary N) is 1. The molecule has 0 amide bonds. The minimum Gasteiger partial charge on any atom is -0.380 e.